The first-order valence-electron chi connectivity index (χ1n) is 4.37. The Morgan fingerprint density at radius 2 is 1.43 bits per heavy atom. The van der Waals surface area contributed by atoms with Crippen LogP contribution in [0.4, 0.5) is 0 Å². The lowest BCUT2D eigenvalue weighted by Gasteiger charge is -2.03. The maximum Gasteiger partial charge on any atom is 0.0255 e. The Balaban J connectivity index is 2.24. The molecule has 0 amide bonds. The molecular weight excluding hydrogens is 208 g/mol. The number of hydrogen-bond acceptors (Lipinski definition) is 2. The number of benzene rings is 2. The molecule has 0 aliphatic heterocycles. The Morgan fingerprint density at radius 1 is 0.786 bits per heavy atom. The molecule has 2 rings (SSSR count). The Kier molecular flexibility index (Phi) is 3.17. The van der Waals surface area contributed by atoms with Gasteiger partial charge in [0.05, 0.1) is 0 Å². The SMILES string of the molecule is Sc1ccccc1Sc1ccccc1. The summed E-state index contributed by atoms with van der Waals surface area (Å²) in [4.78, 5) is 3.47. The first-order valence-corrected chi connectivity index (χ1v) is 5.63. The summed E-state index contributed by atoms with van der Waals surface area (Å²) in [6, 6.07) is 18.4. The molecule has 0 spiro atoms. The fourth-order valence-corrected chi connectivity index (χ4v) is 2.32. The summed E-state index contributed by atoms with van der Waals surface area (Å²) in [6.07, 6.45) is 0. The molecule has 0 fully saturated rings. The van der Waals surface area contributed by atoms with E-state index in [1.165, 1.54) is 9.79 Å². The first-order chi connectivity index (χ1) is 6.86. The fraction of sp³-hybridized carbons (Fsp3) is 0. The molecule has 2 aromatic rings. The van der Waals surface area contributed by atoms with Crippen LogP contribution in [0.3, 0.4) is 0 Å². The summed E-state index contributed by atoms with van der Waals surface area (Å²) >= 11 is 6.15. The van der Waals surface area contributed by atoms with Crippen LogP contribution in [-0.4, -0.2) is 0 Å². The van der Waals surface area contributed by atoms with Gasteiger partial charge in [0.2, 0.25) is 0 Å². The molecule has 0 bridgehead atoms. The molecule has 0 radical (unpaired) electrons. The largest absolute Gasteiger partial charge is 0.142 e. The maximum atomic E-state index is 4.41. The van der Waals surface area contributed by atoms with Gasteiger partial charge in [0.1, 0.15) is 0 Å². The van der Waals surface area contributed by atoms with Crippen molar-refractivity contribution >= 4 is 24.4 Å². The van der Waals surface area contributed by atoms with Crippen molar-refractivity contribution in [3.63, 3.8) is 0 Å². The second-order valence-electron chi connectivity index (χ2n) is 2.88. The van der Waals surface area contributed by atoms with Crippen LogP contribution in [0.15, 0.2) is 69.3 Å². The molecular formula is C12H10S2. The molecule has 0 heterocycles. The summed E-state index contributed by atoms with van der Waals surface area (Å²) in [7, 11) is 0. The fourth-order valence-electron chi connectivity index (χ4n) is 1.16. The van der Waals surface area contributed by atoms with Gasteiger partial charge in [-0.1, -0.05) is 42.1 Å². The van der Waals surface area contributed by atoms with Crippen molar-refractivity contribution in [3.8, 4) is 0 Å². The van der Waals surface area contributed by atoms with Gasteiger partial charge in [-0.25, -0.2) is 0 Å². The monoisotopic (exact) mass is 218 g/mol. The van der Waals surface area contributed by atoms with E-state index in [2.05, 4.69) is 30.8 Å². The van der Waals surface area contributed by atoms with Gasteiger partial charge >= 0.3 is 0 Å². The molecule has 2 aromatic carbocycles. The lowest BCUT2D eigenvalue weighted by molar-refractivity contribution is 1.25. The van der Waals surface area contributed by atoms with E-state index in [4.69, 9.17) is 0 Å². The lowest BCUT2D eigenvalue weighted by atomic mass is 10.4. The molecule has 0 nitrogen and oxygen atoms in total. The normalized spacial score (nSPS) is 10.1. The number of thiol groups is 1. The van der Waals surface area contributed by atoms with E-state index in [0.717, 1.165) is 4.90 Å². The molecule has 0 N–H and O–H groups in total. The zero-order valence-corrected chi connectivity index (χ0v) is 9.26. The van der Waals surface area contributed by atoms with Crippen molar-refractivity contribution in [3.05, 3.63) is 54.6 Å². The van der Waals surface area contributed by atoms with E-state index in [9.17, 15) is 0 Å². The first kappa shape index (κ1) is 9.69. The van der Waals surface area contributed by atoms with Crippen LogP contribution < -0.4 is 0 Å². The third-order valence-electron chi connectivity index (χ3n) is 1.84. The average molecular weight is 218 g/mol. The highest BCUT2D eigenvalue weighted by Crippen LogP contribution is 2.31. The Morgan fingerprint density at radius 3 is 2.14 bits per heavy atom. The van der Waals surface area contributed by atoms with Gasteiger partial charge in [0, 0.05) is 14.7 Å². The number of rotatable bonds is 2. The number of hydrogen-bond donors (Lipinski definition) is 1. The lowest BCUT2D eigenvalue weighted by Crippen LogP contribution is -1.74. The van der Waals surface area contributed by atoms with Crippen molar-refractivity contribution in [1.82, 2.24) is 0 Å². The van der Waals surface area contributed by atoms with Crippen LogP contribution >= 0.6 is 24.4 Å². The van der Waals surface area contributed by atoms with E-state index in [1.807, 2.05) is 36.4 Å². The van der Waals surface area contributed by atoms with Crippen LogP contribution in [0.25, 0.3) is 0 Å². The molecule has 14 heavy (non-hydrogen) atoms. The van der Waals surface area contributed by atoms with Crippen molar-refractivity contribution < 1.29 is 0 Å². The summed E-state index contributed by atoms with van der Waals surface area (Å²) in [5.41, 5.74) is 0. The minimum absolute atomic E-state index is 1.03. The van der Waals surface area contributed by atoms with Crippen molar-refractivity contribution in [2.45, 2.75) is 14.7 Å². The Labute approximate surface area is 93.8 Å². The highest BCUT2D eigenvalue weighted by Gasteiger charge is 1.99. The second-order valence-corrected chi connectivity index (χ2v) is 4.48. The van der Waals surface area contributed by atoms with Gasteiger partial charge in [0.15, 0.2) is 0 Å². The van der Waals surface area contributed by atoms with Gasteiger partial charge in [-0.05, 0) is 24.3 Å². The Bertz CT molecular complexity index is 410. The van der Waals surface area contributed by atoms with E-state index in [-0.39, 0.29) is 0 Å². The minimum Gasteiger partial charge on any atom is -0.142 e. The van der Waals surface area contributed by atoms with Crippen LogP contribution in [0.5, 0.6) is 0 Å². The smallest absolute Gasteiger partial charge is 0.0255 e. The topological polar surface area (TPSA) is 0 Å². The molecule has 0 atom stereocenters. The van der Waals surface area contributed by atoms with Crippen LogP contribution in [0, 0.1) is 0 Å². The second kappa shape index (κ2) is 4.58. The molecule has 2 heteroatoms. The average Bonchev–Trinajstić information content (AvgIpc) is 2.23. The van der Waals surface area contributed by atoms with Gasteiger partial charge in [-0.2, -0.15) is 0 Å². The third-order valence-corrected chi connectivity index (χ3v) is 3.46. The third kappa shape index (κ3) is 2.34. The van der Waals surface area contributed by atoms with E-state index < -0.39 is 0 Å². The highest BCUT2D eigenvalue weighted by molar-refractivity contribution is 7.99. The quantitative estimate of drug-likeness (QED) is 0.740. The zero-order valence-electron chi connectivity index (χ0n) is 7.55. The summed E-state index contributed by atoms with van der Waals surface area (Å²) < 4.78 is 0. The minimum atomic E-state index is 1.03. The van der Waals surface area contributed by atoms with Crippen molar-refractivity contribution in [2.24, 2.45) is 0 Å². The van der Waals surface area contributed by atoms with Gasteiger partial charge in [0.25, 0.3) is 0 Å². The zero-order chi connectivity index (χ0) is 9.80. The highest BCUT2D eigenvalue weighted by atomic mass is 32.2. The summed E-state index contributed by atoms with van der Waals surface area (Å²) in [5, 5.41) is 0. The molecule has 0 saturated heterocycles. The maximum absolute atomic E-state index is 4.41. The molecule has 0 aliphatic carbocycles. The summed E-state index contributed by atoms with van der Waals surface area (Å²) in [5.74, 6) is 0. The van der Waals surface area contributed by atoms with Crippen LogP contribution in [0.2, 0.25) is 0 Å². The molecule has 0 unspecified atom stereocenters. The predicted molar refractivity (Wildman–Crippen MR) is 64.3 cm³/mol. The van der Waals surface area contributed by atoms with E-state index >= 15 is 0 Å². The van der Waals surface area contributed by atoms with E-state index in [0.29, 0.717) is 0 Å². The Hall–Kier alpha value is -0.860. The summed E-state index contributed by atoms with van der Waals surface area (Å²) in [6.45, 7) is 0. The predicted octanol–water partition coefficient (Wildman–Crippen LogP) is 4.13. The van der Waals surface area contributed by atoms with Gasteiger partial charge in [-0.15, -0.1) is 12.6 Å². The standard InChI is InChI=1S/C12H10S2/c13-11-8-4-5-9-12(11)14-10-6-2-1-3-7-10/h1-9,13H. The van der Waals surface area contributed by atoms with Gasteiger partial charge in [-0.3, -0.25) is 0 Å². The molecule has 0 saturated carbocycles. The molecule has 0 aliphatic rings. The molecule has 0 aromatic heterocycles. The van der Waals surface area contributed by atoms with Crippen LogP contribution in [0.1, 0.15) is 0 Å². The van der Waals surface area contributed by atoms with Crippen molar-refractivity contribution in [1.29, 1.82) is 0 Å². The van der Waals surface area contributed by atoms with Crippen molar-refractivity contribution in [2.75, 3.05) is 0 Å². The van der Waals surface area contributed by atoms with E-state index in [1.54, 1.807) is 11.8 Å². The molecule has 70 valence electrons. The van der Waals surface area contributed by atoms with Gasteiger partial charge < -0.3 is 0 Å². The van der Waals surface area contributed by atoms with Crippen LogP contribution in [-0.2, 0) is 0 Å².